The lowest BCUT2D eigenvalue weighted by atomic mass is 9.57. The molecule has 2 aliphatic rings. The molecule has 2 fully saturated rings. The third-order valence-electron chi connectivity index (χ3n) is 9.31. The van der Waals surface area contributed by atoms with Gasteiger partial charge >= 0.3 is 14.2 Å². The average molecular weight is 514 g/mol. The quantitative estimate of drug-likeness (QED) is 0.198. The van der Waals surface area contributed by atoms with Crippen LogP contribution in [0.4, 0.5) is 0 Å². The molecule has 2 unspecified atom stereocenters. The van der Waals surface area contributed by atoms with E-state index in [4.69, 9.17) is 23.4 Å². The van der Waals surface area contributed by atoms with Crippen LogP contribution in [0.3, 0.4) is 0 Å². The highest BCUT2D eigenvalue weighted by Crippen LogP contribution is 2.47. The van der Waals surface area contributed by atoms with Gasteiger partial charge in [-0.05, 0) is 97.6 Å². The number of benzene rings is 1. The van der Waals surface area contributed by atoms with Crippen molar-refractivity contribution in [2.45, 2.75) is 148 Å². The van der Waals surface area contributed by atoms with Crippen LogP contribution in [-0.4, -0.2) is 43.8 Å². The largest absolute Gasteiger partial charge is 0.497 e. The zero-order valence-corrected chi connectivity index (χ0v) is 25.3. The standard InChI is InChI=1S/C30H52B2O5/c1-11-12-13-14-15-24(31-34-27(2,3)28(4,5)35-31)22-25(32-36-29(6,7)30(8,9)37-32)19-16-23-17-20-26(33-10)21-18-23/h17-18,20-21,24-25H,11-16,19,22H2,1-10H3. The smallest absolute Gasteiger partial charge is 0.461 e. The first-order chi connectivity index (χ1) is 17.2. The molecule has 5 nitrogen and oxygen atoms in total. The van der Waals surface area contributed by atoms with Crippen molar-refractivity contribution < 1.29 is 23.4 Å². The molecule has 1 aromatic carbocycles. The Hall–Kier alpha value is -1.01. The van der Waals surface area contributed by atoms with Crippen LogP contribution in [0, 0.1) is 0 Å². The van der Waals surface area contributed by atoms with Gasteiger partial charge in [-0.3, -0.25) is 0 Å². The fraction of sp³-hybridized carbons (Fsp3) is 0.800. The van der Waals surface area contributed by atoms with E-state index in [0.717, 1.165) is 31.4 Å². The van der Waals surface area contributed by atoms with E-state index in [1.165, 1.54) is 31.2 Å². The zero-order valence-electron chi connectivity index (χ0n) is 25.3. The summed E-state index contributed by atoms with van der Waals surface area (Å²) in [6.07, 6.45) is 8.94. The predicted octanol–water partition coefficient (Wildman–Crippen LogP) is 7.91. The van der Waals surface area contributed by atoms with Gasteiger partial charge in [-0.1, -0.05) is 57.6 Å². The highest BCUT2D eigenvalue weighted by atomic mass is 16.7. The van der Waals surface area contributed by atoms with E-state index >= 15 is 0 Å². The molecule has 2 saturated heterocycles. The van der Waals surface area contributed by atoms with Crippen LogP contribution in [0.1, 0.15) is 113 Å². The van der Waals surface area contributed by atoms with Crippen molar-refractivity contribution in [3.8, 4) is 5.75 Å². The molecule has 7 heteroatoms. The number of methoxy groups -OCH3 is 1. The summed E-state index contributed by atoms with van der Waals surface area (Å²) < 4.78 is 31.8. The zero-order chi connectivity index (χ0) is 27.5. The molecule has 0 aromatic heterocycles. The van der Waals surface area contributed by atoms with Crippen molar-refractivity contribution in [2.75, 3.05) is 7.11 Å². The van der Waals surface area contributed by atoms with Gasteiger partial charge in [-0.25, -0.2) is 0 Å². The molecule has 37 heavy (non-hydrogen) atoms. The van der Waals surface area contributed by atoms with E-state index in [2.05, 4.69) is 74.4 Å². The monoisotopic (exact) mass is 514 g/mol. The summed E-state index contributed by atoms with van der Waals surface area (Å²) in [5, 5.41) is 0. The van der Waals surface area contributed by atoms with Crippen LogP contribution in [0.15, 0.2) is 24.3 Å². The Morgan fingerprint density at radius 1 is 0.676 bits per heavy atom. The molecule has 1 aromatic rings. The lowest BCUT2D eigenvalue weighted by Crippen LogP contribution is -2.41. The van der Waals surface area contributed by atoms with Gasteiger partial charge in [0.2, 0.25) is 0 Å². The third kappa shape index (κ3) is 7.35. The summed E-state index contributed by atoms with van der Waals surface area (Å²) >= 11 is 0. The minimum Gasteiger partial charge on any atom is -0.497 e. The molecule has 0 bridgehead atoms. The second-order valence-electron chi connectivity index (χ2n) is 13.2. The topological polar surface area (TPSA) is 46.2 Å². The van der Waals surface area contributed by atoms with Crippen LogP contribution in [0.25, 0.3) is 0 Å². The molecular weight excluding hydrogens is 462 g/mol. The maximum atomic E-state index is 6.62. The van der Waals surface area contributed by atoms with Crippen molar-refractivity contribution in [1.82, 2.24) is 0 Å². The lowest BCUT2D eigenvalue weighted by molar-refractivity contribution is 0.00578. The van der Waals surface area contributed by atoms with Gasteiger partial charge in [-0.2, -0.15) is 0 Å². The Balaban J connectivity index is 1.81. The summed E-state index contributed by atoms with van der Waals surface area (Å²) in [7, 11) is 1.25. The van der Waals surface area contributed by atoms with Crippen molar-refractivity contribution in [1.29, 1.82) is 0 Å². The van der Waals surface area contributed by atoms with E-state index in [0.29, 0.717) is 0 Å². The van der Waals surface area contributed by atoms with E-state index in [1.54, 1.807) is 7.11 Å². The normalized spacial score (nSPS) is 23.3. The van der Waals surface area contributed by atoms with Gasteiger partial charge in [0, 0.05) is 0 Å². The second kappa shape index (κ2) is 12.0. The van der Waals surface area contributed by atoms with Crippen LogP contribution in [0.5, 0.6) is 5.75 Å². The van der Waals surface area contributed by atoms with Gasteiger partial charge in [-0.15, -0.1) is 0 Å². The minimum absolute atomic E-state index is 0.211. The van der Waals surface area contributed by atoms with Gasteiger partial charge in [0.05, 0.1) is 29.5 Å². The van der Waals surface area contributed by atoms with Crippen LogP contribution in [-0.2, 0) is 25.0 Å². The predicted molar refractivity (Wildman–Crippen MR) is 154 cm³/mol. The Morgan fingerprint density at radius 3 is 1.57 bits per heavy atom. The number of aryl methyl sites for hydroxylation is 1. The SMILES string of the molecule is CCCCCCC(CC(CCc1ccc(OC)cc1)B1OC(C)(C)C(C)(C)O1)B1OC(C)(C)C(C)(C)O1. The molecule has 0 N–H and O–H groups in total. The number of ether oxygens (including phenoxy) is 1. The molecule has 2 atom stereocenters. The van der Waals surface area contributed by atoms with Gasteiger partial charge in [0.1, 0.15) is 5.75 Å². The summed E-state index contributed by atoms with van der Waals surface area (Å²) in [6.45, 7) is 19.4. The summed E-state index contributed by atoms with van der Waals surface area (Å²) in [5.41, 5.74) is -0.0594. The molecule has 0 spiro atoms. The molecule has 0 radical (unpaired) electrons. The summed E-state index contributed by atoms with van der Waals surface area (Å²) in [6, 6.07) is 8.41. The molecule has 2 heterocycles. The van der Waals surface area contributed by atoms with Crippen LogP contribution < -0.4 is 4.74 Å². The van der Waals surface area contributed by atoms with E-state index < -0.39 is 0 Å². The molecule has 0 saturated carbocycles. The number of unbranched alkanes of at least 4 members (excludes halogenated alkanes) is 3. The van der Waals surface area contributed by atoms with Crippen molar-refractivity contribution in [3.63, 3.8) is 0 Å². The maximum absolute atomic E-state index is 6.62. The average Bonchev–Trinajstić information content (AvgIpc) is 3.17. The highest BCUT2D eigenvalue weighted by molar-refractivity contribution is 6.49. The first-order valence-electron chi connectivity index (χ1n) is 14.6. The summed E-state index contributed by atoms with van der Waals surface area (Å²) in [5.74, 6) is 1.41. The van der Waals surface area contributed by atoms with Gasteiger partial charge < -0.3 is 23.4 Å². The highest BCUT2D eigenvalue weighted by Gasteiger charge is 2.56. The van der Waals surface area contributed by atoms with E-state index in [1.807, 2.05) is 12.1 Å². The van der Waals surface area contributed by atoms with Gasteiger partial charge in [0.15, 0.2) is 0 Å². The third-order valence-corrected chi connectivity index (χ3v) is 9.31. The first kappa shape index (κ1) is 30.5. The molecule has 208 valence electrons. The summed E-state index contributed by atoms with van der Waals surface area (Å²) in [4.78, 5) is 0. The van der Waals surface area contributed by atoms with Crippen LogP contribution >= 0.6 is 0 Å². The molecule has 0 aliphatic carbocycles. The minimum atomic E-state index is -0.350. The van der Waals surface area contributed by atoms with Crippen molar-refractivity contribution in [3.05, 3.63) is 29.8 Å². The maximum Gasteiger partial charge on any atom is 0.461 e. The number of hydrogen-bond donors (Lipinski definition) is 0. The second-order valence-corrected chi connectivity index (χ2v) is 13.2. The Labute approximate surface area is 228 Å². The van der Waals surface area contributed by atoms with Crippen LogP contribution in [0.2, 0.25) is 11.6 Å². The molecule has 2 aliphatic heterocycles. The van der Waals surface area contributed by atoms with E-state index in [-0.39, 0.29) is 48.3 Å². The number of rotatable bonds is 13. The Bertz CT molecular complexity index is 820. The molecule has 3 rings (SSSR count). The molecular formula is C30H52B2O5. The van der Waals surface area contributed by atoms with Gasteiger partial charge in [0.25, 0.3) is 0 Å². The lowest BCUT2D eigenvalue weighted by Gasteiger charge is -2.32. The van der Waals surface area contributed by atoms with Crippen molar-refractivity contribution in [2.24, 2.45) is 0 Å². The first-order valence-corrected chi connectivity index (χ1v) is 14.6. The van der Waals surface area contributed by atoms with E-state index in [9.17, 15) is 0 Å². The molecule has 0 amide bonds. The number of hydrogen-bond acceptors (Lipinski definition) is 5. The fourth-order valence-corrected chi connectivity index (χ4v) is 5.26. The Morgan fingerprint density at radius 2 is 1.14 bits per heavy atom. The fourth-order valence-electron chi connectivity index (χ4n) is 5.26. The Kier molecular flexibility index (Phi) is 9.92. The van der Waals surface area contributed by atoms with Crippen molar-refractivity contribution >= 4 is 14.2 Å².